The van der Waals surface area contributed by atoms with E-state index in [0.29, 0.717) is 26.4 Å². The van der Waals surface area contributed by atoms with E-state index in [2.05, 4.69) is 5.32 Å². The first kappa shape index (κ1) is 15.2. The van der Waals surface area contributed by atoms with E-state index >= 15 is 0 Å². The lowest BCUT2D eigenvalue weighted by Crippen LogP contribution is -2.34. The van der Waals surface area contributed by atoms with Crippen LogP contribution in [-0.2, 0) is 19.5 Å². The van der Waals surface area contributed by atoms with Crippen LogP contribution < -0.4 is 5.32 Å². The van der Waals surface area contributed by atoms with Gasteiger partial charge in [0.2, 0.25) is 10.0 Å². The lowest BCUT2D eigenvalue weighted by molar-refractivity contribution is -0.0818. The second-order valence-electron chi connectivity index (χ2n) is 4.76. The van der Waals surface area contributed by atoms with E-state index in [9.17, 15) is 8.42 Å². The van der Waals surface area contributed by atoms with Gasteiger partial charge in [0.15, 0.2) is 0 Å². The number of nitrogens with one attached hydrogen (secondary N) is 1. The van der Waals surface area contributed by atoms with E-state index in [4.69, 9.17) is 9.47 Å². The molecule has 1 fully saturated rings. The van der Waals surface area contributed by atoms with Gasteiger partial charge in [-0.1, -0.05) is 0 Å². The number of ether oxygens (including phenoxy) is 2. The minimum Gasteiger partial charge on any atom is -0.382 e. The van der Waals surface area contributed by atoms with Crippen molar-refractivity contribution < 1.29 is 17.9 Å². The summed E-state index contributed by atoms with van der Waals surface area (Å²) < 4.78 is 35.9. The van der Waals surface area contributed by atoms with Gasteiger partial charge < -0.3 is 14.8 Å². The summed E-state index contributed by atoms with van der Waals surface area (Å²) in [4.78, 5) is 0.283. The van der Waals surface area contributed by atoms with Crippen LogP contribution in [0.1, 0.15) is 0 Å². The fourth-order valence-electron chi connectivity index (χ4n) is 1.84. The fourth-order valence-corrected chi connectivity index (χ4v) is 2.74. The standard InChI is InChI=1S/C13H20N2O4S/c1-15(2)20(16,17)13-5-3-11(4-6-13)14-9-12-10-18-7-8-19-12/h3-6,12,14H,7-10H2,1-2H3. The molecular formula is C13H20N2O4S. The van der Waals surface area contributed by atoms with E-state index in [-0.39, 0.29) is 11.0 Å². The minimum atomic E-state index is -3.37. The van der Waals surface area contributed by atoms with E-state index < -0.39 is 10.0 Å². The molecule has 1 aromatic carbocycles. The Hall–Kier alpha value is -1.15. The molecule has 0 aliphatic carbocycles. The smallest absolute Gasteiger partial charge is 0.242 e. The molecule has 7 heteroatoms. The normalized spacial score (nSPS) is 20.1. The van der Waals surface area contributed by atoms with Crippen molar-refractivity contribution in [3.63, 3.8) is 0 Å². The molecule has 1 aliphatic rings. The van der Waals surface area contributed by atoms with Crippen molar-refractivity contribution in [2.75, 3.05) is 45.8 Å². The molecular weight excluding hydrogens is 280 g/mol. The average molecular weight is 300 g/mol. The summed E-state index contributed by atoms with van der Waals surface area (Å²) in [5.41, 5.74) is 0.858. The third-order valence-corrected chi connectivity index (χ3v) is 4.88. The van der Waals surface area contributed by atoms with Crippen LogP contribution in [0.3, 0.4) is 0 Å². The van der Waals surface area contributed by atoms with Gasteiger partial charge in [0, 0.05) is 26.3 Å². The van der Waals surface area contributed by atoms with Crippen LogP contribution >= 0.6 is 0 Å². The van der Waals surface area contributed by atoms with Crippen LogP contribution in [0.4, 0.5) is 5.69 Å². The quantitative estimate of drug-likeness (QED) is 0.870. The highest BCUT2D eigenvalue weighted by atomic mass is 32.2. The van der Waals surface area contributed by atoms with E-state index in [1.807, 2.05) is 0 Å². The number of anilines is 1. The Kier molecular flexibility index (Phi) is 4.98. The second-order valence-corrected chi connectivity index (χ2v) is 6.91. The van der Waals surface area contributed by atoms with Crippen molar-refractivity contribution >= 4 is 15.7 Å². The zero-order chi connectivity index (χ0) is 14.6. The van der Waals surface area contributed by atoms with Gasteiger partial charge in [0.25, 0.3) is 0 Å². The molecule has 0 amide bonds. The zero-order valence-corrected chi connectivity index (χ0v) is 12.5. The summed E-state index contributed by atoms with van der Waals surface area (Å²) in [6.45, 7) is 2.49. The highest BCUT2D eigenvalue weighted by Gasteiger charge is 2.17. The van der Waals surface area contributed by atoms with Gasteiger partial charge in [0.1, 0.15) is 0 Å². The van der Waals surface area contributed by atoms with Crippen molar-refractivity contribution in [3.8, 4) is 0 Å². The van der Waals surface area contributed by atoms with Crippen LogP contribution in [0.2, 0.25) is 0 Å². The molecule has 0 spiro atoms. The molecule has 0 saturated carbocycles. The lowest BCUT2D eigenvalue weighted by atomic mass is 10.3. The lowest BCUT2D eigenvalue weighted by Gasteiger charge is -2.23. The third kappa shape index (κ3) is 3.69. The molecule has 1 N–H and O–H groups in total. The Morgan fingerprint density at radius 2 is 1.95 bits per heavy atom. The van der Waals surface area contributed by atoms with Gasteiger partial charge in [-0.3, -0.25) is 0 Å². The first-order chi connectivity index (χ1) is 9.50. The maximum Gasteiger partial charge on any atom is 0.242 e. The van der Waals surface area contributed by atoms with Gasteiger partial charge in [-0.2, -0.15) is 0 Å². The Labute approximate surface area is 119 Å². The molecule has 1 atom stereocenters. The van der Waals surface area contributed by atoms with Crippen molar-refractivity contribution in [3.05, 3.63) is 24.3 Å². The Morgan fingerprint density at radius 1 is 1.25 bits per heavy atom. The third-order valence-electron chi connectivity index (χ3n) is 3.05. The molecule has 2 rings (SSSR count). The number of rotatable bonds is 5. The van der Waals surface area contributed by atoms with Gasteiger partial charge in [-0.25, -0.2) is 12.7 Å². The highest BCUT2D eigenvalue weighted by molar-refractivity contribution is 7.89. The van der Waals surface area contributed by atoms with Crippen LogP contribution in [0, 0.1) is 0 Å². The molecule has 6 nitrogen and oxygen atoms in total. The largest absolute Gasteiger partial charge is 0.382 e. The van der Waals surface area contributed by atoms with Crippen LogP contribution in [0.15, 0.2) is 29.2 Å². The first-order valence-corrected chi connectivity index (χ1v) is 7.90. The van der Waals surface area contributed by atoms with Crippen LogP contribution in [0.5, 0.6) is 0 Å². The van der Waals surface area contributed by atoms with Crippen molar-refractivity contribution in [2.24, 2.45) is 0 Å². The number of hydrogen-bond donors (Lipinski definition) is 1. The van der Waals surface area contributed by atoms with E-state index in [1.165, 1.54) is 18.4 Å². The van der Waals surface area contributed by atoms with Crippen LogP contribution in [0.25, 0.3) is 0 Å². The summed E-state index contributed by atoms with van der Waals surface area (Å²) in [5, 5.41) is 3.21. The summed E-state index contributed by atoms with van der Waals surface area (Å²) >= 11 is 0. The maximum atomic E-state index is 11.9. The number of nitrogens with zero attached hydrogens (tertiary/aromatic N) is 1. The van der Waals surface area contributed by atoms with Gasteiger partial charge in [-0.05, 0) is 24.3 Å². The zero-order valence-electron chi connectivity index (χ0n) is 11.7. The minimum absolute atomic E-state index is 0.0361. The number of sulfonamides is 1. The summed E-state index contributed by atoms with van der Waals surface area (Å²) in [6.07, 6.45) is 0.0361. The Bertz CT molecular complexity index is 522. The molecule has 1 unspecified atom stereocenters. The predicted molar refractivity (Wildman–Crippen MR) is 76.4 cm³/mol. The molecule has 112 valence electrons. The molecule has 1 heterocycles. The number of hydrogen-bond acceptors (Lipinski definition) is 5. The first-order valence-electron chi connectivity index (χ1n) is 6.46. The van der Waals surface area contributed by atoms with Crippen molar-refractivity contribution in [1.82, 2.24) is 4.31 Å². The highest BCUT2D eigenvalue weighted by Crippen LogP contribution is 2.16. The summed E-state index contributed by atoms with van der Waals surface area (Å²) in [7, 11) is -0.337. The molecule has 0 aromatic heterocycles. The predicted octanol–water partition coefficient (Wildman–Crippen LogP) is 0.764. The van der Waals surface area contributed by atoms with Crippen molar-refractivity contribution in [2.45, 2.75) is 11.0 Å². The molecule has 0 radical (unpaired) electrons. The van der Waals surface area contributed by atoms with E-state index in [1.54, 1.807) is 24.3 Å². The maximum absolute atomic E-state index is 11.9. The molecule has 1 saturated heterocycles. The van der Waals surface area contributed by atoms with Gasteiger partial charge in [-0.15, -0.1) is 0 Å². The Morgan fingerprint density at radius 3 is 2.50 bits per heavy atom. The van der Waals surface area contributed by atoms with Gasteiger partial charge >= 0.3 is 0 Å². The molecule has 1 aromatic rings. The fraction of sp³-hybridized carbons (Fsp3) is 0.538. The van der Waals surface area contributed by atoms with Crippen LogP contribution in [-0.4, -0.2) is 59.3 Å². The Balaban J connectivity index is 1.94. The van der Waals surface area contributed by atoms with Gasteiger partial charge in [0.05, 0.1) is 30.8 Å². The molecule has 1 aliphatic heterocycles. The summed E-state index contributed by atoms with van der Waals surface area (Å²) in [5.74, 6) is 0. The molecule has 20 heavy (non-hydrogen) atoms. The average Bonchev–Trinajstić information content (AvgIpc) is 2.46. The SMILES string of the molecule is CN(C)S(=O)(=O)c1ccc(NCC2COCCO2)cc1. The van der Waals surface area contributed by atoms with Crippen molar-refractivity contribution in [1.29, 1.82) is 0 Å². The van der Waals surface area contributed by atoms with E-state index in [0.717, 1.165) is 5.69 Å². The topological polar surface area (TPSA) is 67.9 Å². The number of benzene rings is 1. The second kappa shape index (κ2) is 6.53. The molecule has 0 bridgehead atoms. The summed E-state index contributed by atoms with van der Waals surface area (Å²) in [6, 6.07) is 6.69. The monoisotopic (exact) mass is 300 g/mol.